The maximum Gasteiger partial charge on any atom is 0.387 e. The second kappa shape index (κ2) is 13.9. The number of hydrogen-bond acceptors (Lipinski definition) is 10. The Labute approximate surface area is 275 Å². The van der Waals surface area contributed by atoms with Crippen LogP contribution in [0.25, 0.3) is 34.0 Å². The molecule has 0 unspecified atom stereocenters. The van der Waals surface area contributed by atoms with E-state index in [2.05, 4.69) is 29.4 Å². The average Bonchev–Trinajstić information content (AvgIpc) is 3.66. The van der Waals surface area contributed by atoms with Gasteiger partial charge in [0.25, 0.3) is 0 Å². The normalized spacial score (nSPS) is 11.6. The van der Waals surface area contributed by atoms with Crippen LogP contribution < -0.4 is 29.8 Å². The zero-order chi connectivity index (χ0) is 33.9. The first-order valence-electron chi connectivity index (χ1n) is 13.9. The number of H-pyrrole nitrogens is 2. The van der Waals surface area contributed by atoms with E-state index in [0.717, 1.165) is 0 Å². The Morgan fingerprint density at radius 1 is 0.688 bits per heavy atom. The fourth-order valence-corrected chi connectivity index (χ4v) is 7.05. The summed E-state index contributed by atoms with van der Waals surface area (Å²) in [5, 5.41) is 0. The predicted molar refractivity (Wildman–Crippen MR) is 172 cm³/mol. The average molecular weight is 705 g/mol. The number of aromatic nitrogens is 6. The Bertz CT molecular complexity index is 2070. The first kappa shape index (κ1) is 32.8. The fourth-order valence-electron chi connectivity index (χ4n) is 4.95. The van der Waals surface area contributed by atoms with E-state index in [1.165, 1.54) is 96.7 Å². The highest BCUT2D eigenvalue weighted by molar-refractivity contribution is 8.76. The molecule has 0 saturated carbocycles. The molecular weight excluding hydrogens is 680 g/mol. The van der Waals surface area contributed by atoms with Gasteiger partial charge in [0, 0.05) is 48.2 Å². The summed E-state index contributed by atoms with van der Waals surface area (Å²) in [6.45, 7) is -5.97. The number of rotatable bonds is 13. The van der Waals surface area contributed by atoms with Gasteiger partial charge in [-0.2, -0.15) is 17.6 Å². The van der Waals surface area contributed by atoms with Crippen LogP contribution in [0.4, 0.5) is 17.6 Å². The summed E-state index contributed by atoms with van der Waals surface area (Å²) in [5.74, 6) is 1.17. The monoisotopic (exact) mass is 704 g/mol. The molecule has 2 N–H and O–H groups in total. The van der Waals surface area contributed by atoms with Gasteiger partial charge in [-0.1, -0.05) is 21.6 Å². The van der Waals surface area contributed by atoms with E-state index in [1.807, 2.05) is 0 Å². The number of methoxy groups -OCH3 is 2. The Hall–Kier alpha value is -5.10. The molecule has 0 atom stereocenters. The number of nitrogens with zero attached hydrogens (tertiary/aromatic N) is 4. The molecule has 0 fully saturated rings. The highest BCUT2D eigenvalue weighted by Gasteiger charge is 2.19. The molecule has 0 aliphatic carbocycles. The number of aromatic amines is 2. The molecule has 250 valence electrons. The molecular formula is C30H24F4N6O6S2. The van der Waals surface area contributed by atoms with Gasteiger partial charge in [-0.25, -0.2) is 9.97 Å². The number of hydrogen-bond donors (Lipinski definition) is 2. The smallest absolute Gasteiger partial charge is 0.387 e. The number of alkyl halides is 4. The maximum absolute atomic E-state index is 12.7. The largest absolute Gasteiger partial charge is 0.491 e. The van der Waals surface area contributed by atoms with E-state index >= 15 is 0 Å². The van der Waals surface area contributed by atoms with E-state index < -0.39 is 13.2 Å². The molecule has 6 rings (SSSR count). The zero-order valence-corrected chi connectivity index (χ0v) is 26.5. The van der Waals surface area contributed by atoms with Crippen molar-refractivity contribution in [1.82, 2.24) is 29.1 Å². The Morgan fingerprint density at radius 2 is 1.10 bits per heavy atom. The molecule has 0 bridgehead atoms. The molecule has 0 amide bonds. The zero-order valence-electron chi connectivity index (χ0n) is 24.9. The lowest BCUT2D eigenvalue weighted by Gasteiger charge is -2.16. The first-order valence-corrected chi connectivity index (χ1v) is 16.4. The lowest BCUT2D eigenvalue weighted by molar-refractivity contribution is -0.0504. The maximum atomic E-state index is 12.7. The molecule has 0 spiro atoms. The van der Waals surface area contributed by atoms with Crippen LogP contribution >= 0.6 is 21.6 Å². The van der Waals surface area contributed by atoms with Crippen LogP contribution in [-0.4, -0.2) is 56.5 Å². The number of imidazole rings is 2. The van der Waals surface area contributed by atoms with Crippen molar-refractivity contribution in [3.8, 4) is 34.9 Å². The molecule has 0 aliphatic rings. The molecule has 4 heterocycles. The quantitative estimate of drug-likeness (QED) is 0.0831. The summed E-state index contributed by atoms with van der Waals surface area (Å²) >= 11 is 0. The second-order valence-electron chi connectivity index (χ2n) is 9.82. The van der Waals surface area contributed by atoms with Crippen molar-refractivity contribution < 1.29 is 36.5 Å². The van der Waals surface area contributed by atoms with Crippen LogP contribution in [-0.2, 0) is 11.5 Å². The molecule has 4 aromatic heterocycles. The van der Waals surface area contributed by atoms with Crippen molar-refractivity contribution in [2.24, 2.45) is 0 Å². The number of ether oxygens (including phenoxy) is 4. The van der Waals surface area contributed by atoms with Crippen LogP contribution in [0, 0.1) is 0 Å². The Balaban J connectivity index is 1.27. The minimum Gasteiger partial charge on any atom is -0.491 e. The minimum absolute atomic E-state index is 0.0414. The highest BCUT2D eigenvalue weighted by Crippen LogP contribution is 2.35. The van der Waals surface area contributed by atoms with Gasteiger partial charge in [0.2, 0.25) is 22.8 Å². The van der Waals surface area contributed by atoms with E-state index in [-0.39, 0.29) is 45.4 Å². The molecule has 0 saturated heterocycles. The van der Waals surface area contributed by atoms with Crippen LogP contribution in [0.1, 0.15) is 11.4 Å². The molecule has 12 nitrogen and oxygen atoms in total. The molecule has 48 heavy (non-hydrogen) atoms. The van der Waals surface area contributed by atoms with Gasteiger partial charge in [0.15, 0.2) is 11.5 Å². The van der Waals surface area contributed by atoms with E-state index in [4.69, 9.17) is 9.47 Å². The summed E-state index contributed by atoms with van der Waals surface area (Å²) in [6, 6.07) is 11.2. The van der Waals surface area contributed by atoms with Crippen molar-refractivity contribution in [2.75, 3.05) is 14.2 Å². The molecule has 6 aromatic rings. The van der Waals surface area contributed by atoms with Gasteiger partial charge in [0.1, 0.15) is 11.5 Å². The summed E-state index contributed by atoms with van der Waals surface area (Å²) < 4.78 is 74.0. The number of fused-ring (bicyclic) bond motifs is 2. The predicted octanol–water partition coefficient (Wildman–Crippen LogP) is 6.04. The van der Waals surface area contributed by atoms with Gasteiger partial charge in [0.05, 0.1) is 47.7 Å². The third kappa shape index (κ3) is 6.79. The van der Waals surface area contributed by atoms with Crippen LogP contribution in [0.5, 0.6) is 23.0 Å². The van der Waals surface area contributed by atoms with Gasteiger partial charge in [-0.3, -0.25) is 18.7 Å². The van der Waals surface area contributed by atoms with Gasteiger partial charge in [-0.15, -0.1) is 0 Å². The highest BCUT2D eigenvalue weighted by atomic mass is 33.1. The second-order valence-corrected chi connectivity index (χ2v) is 12.3. The van der Waals surface area contributed by atoms with Gasteiger partial charge in [-0.05, 0) is 24.3 Å². The SMILES string of the molecule is COc1c(CSSCc2c(OC)c(=O)ccn2-c2nc3ccc(OC(F)F)cc3[nH]2)n(-c2nc3ccc(OC(F)F)cc3[nH]2)ccc1=O. The lowest BCUT2D eigenvalue weighted by atomic mass is 10.3. The Kier molecular flexibility index (Phi) is 9.54. The minimum atomic E-state index is -2.98. The summed E-state index contributed by atoms with van der Waals surface area (Å²) in [4.78, 5) is 40.6. The molecule has 2 aromatic carbocycles. The van der Waals surface area contributed by atoms with Crippen LogP contribution in [0.15, 0.2) is 70.5 Å². The van der Waals surface area contributed by atoms with E-state index in [0.29, 0.717) is 45.4 Å². The van der Waals surface area contributed by atoms with Crippen LogP contribution in [0.2, 0.25) is 0 Å². The molecule has 0 radical (unpaired) electrons. The summed E-state index contributed by atoms with van der Waals surface area (Å²) in [5.41, 5.74) is 2.04. The van der Waals surface area contributed by atoms with Gasteiger partial charge < -0.3 is 28.9 Å². The van der Waals surface area contributed by atoms with Crippen molar-refractivity contribution in [3.05, 3.63) is 92.8 Å². The molecule has 0 aliphatic heterocycles. The van der Waals surface area contributed by atoms with Crippen LogP contribution in [0.3, 0.4) is 0 Å². The third-order valence-corrected chi connectivity index (χ3v) is 9.13. The number of benzene rings is 2. The number of nitrogens with one attached hydrogen (secondary N) is 2. The Morgan fingerprint density at radius 3 is 1.48 bits per heavy atom. The van der Waals surface area contributed by atoms with Gasteiger partial charge >= 0.3 is 13.2 Å². The standard InChI is InChI=1S/C30H24F4N6O6S2/c1-43-25-21(39(9-7-23(25)41)29-35-17-5-3-15(45-27(31)32)11-19(17)37-29)13-47-48-14-22-26(44-2)24(42)8-10-40(22)30-36-18-6-4-16(46-28(33)34)12-20(18)38-30/h3-12,27-28H,13-14H2,1-2H3,(H,35,37)(H,36,38). The first-order chi connectivity index (χ1) is 23.1. The lowest BCUT2D eigenvalue weighted by Crippen LogP contribution is -2.15. The molecule has 18 heteroatoms. The fraction of sp³-hybridized carbons (Fsp3) is 0.200. The number of halogens is 4. The van der Waals surface area contributed by atoms with Crippen molar-refractivity contribution >= 4 is 43.7 Å². The van der Waals surface area contributed by atoms with Crippen molar-refractivity contribution in [3.63, 3.8) is 0 Å². The number of pyridine rings is 2. The topological polar surface area (TPSA) is 138 Å². The third-order valence-electron chi connectivity index (χ3n) is 6.97. The van der Waals surface area contributed by atoms with E-state index in [1.54, 1.807) is 9.13 Å². The summed E-state index contributed by atoms with van der Waals surface area (Å²) in [7, 11) is 5.44. The summed E-state index contributed by atoms with van der Waals surface area (Å²) in [6.07, 6.45) is 3.05. The van der Waals surface area contributed by atoms with Crippen molar-refractivity contribution in [2.45, 2.75) is 24.7 Å². The van der Waals surface area contributed by atoms with Crippen molar-refractivity contribution in [1.29, 1.82) is 0 Å². The van der Waals surface area contributed by atoms with E-state index in [9.17, 15) is 27.2 Å².